The smallest absolute Gasteiger partial charge is 0.0587 e. The summed E-state index contributed by atoms with van der Waals surface area (Å²) in [6.07, 6.45) is 8.40. The number of methoxy groups -OCH3 is 1. The highest BCUT2D eigenvalue weighted by Crippen LogP contribution is 2.19. The molecule has 20 heavy (non-hydrogen) atoms. The van der Waals surface area contributed by atoms with Crippen LogP contribution >= 0.6 is 0 Å². The monoisotopic (exact) mass is 284 g/mol. The molecule has 4 nitrogen and oxygen atoms in total. The van der Waals surface area contributed by atoms with Gasteiger partial charge in [-0.15, -0.1) is 0 Å². The van der Waals surface area contributed by atoms with Gasteiger partial charge in [-0.05, 0) is 64.1 Å². The van der Waals surface area contributed by atoms with E-state index in [0.29, 0.717) is 6.10 Å². The van der Waals surface area contributed by atoms with Gasteiger partial charge in [-0.2, -0.15) is 0 Å². The third-order valence-electron chi connectivity index (χ3n) is 4.54. The zero-order valence-electron chi connectivity index (χ0n) is 13.1. The molecule has 0 aliphatic carbocycles. The number of nitrogens with zero attached hydrogens (tertiary/aromatic N) is 1. The Morgan fingerprint density at radius 2 is 2.25 bits per heavy atom. The Labute approximate surface area is 124 Å². The van der Waals surface area contributed by atoms with Crippen molar-refractivity contribution < 1.29 is 9.47 Å². The maximum absolute atomic E-state index is 5.70. The predicted octanol–water partition coefficient (Wildman–Crippen LogP) is 1.89. The molecule has 1 N–H and O–H groups in total. The van der Waals surface area contributed by atoms with Gasteiger partial charge in [0.1, 0.15) is 0 Å². The molecule has 118 valence electrons. The SMILES string of the molecule is COCCNCC1CCCN(CCCC2CCCO2)C1. The number of hydrogen-bond acceptors (Lipinski definition) is 4. The number of ether oxygens (including phenoxy) is 2. The van der Waals surface area contributed by atoms with Gasteiger partial charge in [0.2, 0.25) is 0 Å². The Bertz CT molecular complexity index is 245. The first-order valence-corrected chi connectivity index (χ1v) is 8.42. The Kier molecular flexibility index (Phi) is 7.88. The highest BCUT2D eigenvalue weighted by molar-refractivity contribution is 4.75. The number of piperidine rings is 1. The largest absolute Gasteiger partial charge is 0.383 e. The fourth-order valence-corrected chi connectivity index (χ4v) is 3.42. The first-order valence-electron chi connectivity index (χ1n) is 8.42. The van der Waals surface area contributed by atoms with Crippen molar-refractivity contribution in [2.75, 3.05) is 53.0 Å². The zero-order chi connectivity index (χ0) is 14.0. The first-order chi connectivity index (χ1) is 9.88. The van der Waals surface area contributed by atoms with Crippen molar-refractivity contribution in [3.63, 3.8) is 0 Å². The van der Waals surface area contributed by atoms with Crippen molar-refractivity contribution in [2.24, 2.45) is 5.92 Å². The van der Waals surface area contributed by atoms with Crippen LogP contribution in [0.5, 0.6) is 0 Å². The van der Waals surface area contributed by atoms with E-state index in [1.807, 2.05) is 0 Å². The molecule has 4 heteroatoms. The Hall–Kier alpha value is -0.160. The Morgan fingerprint density at radius 3 is 3.05 bits per heavy atom. The van der Waals surface area contributed by atoms with Crippen molar-refractivity contribution in [2.45, 2.75) is 44.6 Å². The van der Waals surface area contributed by atoms with Crippen LogP contribution in [0.3, 0.4) is 0 Å². The molecule has 2 unspecified atom stereocenters. The molecule has 2 saturated heterocycles. The highest BCUT2D eigenvalue weighted by Gasteiger charge is 2.20. The van der Waals surface area contributed by atoms with Crippen LogP contribution in [0.1, 0.15) is 38.5 Å². The average Bonchev–Trinajstić information content (AvgIpc) is 2.97. The minimum atomic E-state index is 0.561. The molecule has 0 saturated carbocycles. The molecule has 0 amide bonds. The van der Waals surface area contributed by atoms with Gasteiger partial charge < -0.3 is 19.7 Å². The van der Waals surface area contributed by atoms with Gasteiger partial charge in [0.05, 0.1) is 12.7 Å². The summed E-state index contributed by atoms with van der Waals surface area (Å²) in [4.78, 5) is 2.65. The number of rotatable bonds is 9. The summed E-state index contributed by atoms with van der Waals surface area (Å²) in [5, 5.41) is 3.51. The molecular formula is C16H32N2O2. The van der Waals surface area contributed by atoms with E-state index < -0.39 is 0 Å². The second-order valence-corrected chi connectivity index (χ2v) is 6.28. The molecule has 2 heterocycles. The lowest BCUT2D eigenvalue weighted by molar-refractivity contribution is 0.0950. The summed E-state index contributed by atoms with van der Waals surface area (Å²) in [5.41, 5.74) is 0. The molecule has 2 atom stereocenters. The molecule has 0 aromatic rings. The van der Waals surface area contributed by atoms with Gasteiger partial charge in [0.15, 0.2) is 0 Å². The van der Waals surface area contributed by atoms with Gasteiger partial charge in [-0.1, -0.05) is 0 Å². The van der Waals surface area contributed by atoms with E-state index >= 15 is 0 Å². The molecule has 0 aromatic carbocycles. The molecule has 2 aliphatic heterocycles. The van der Waals surface area contributed by atoms with Gasteiger partial charge in [-0.25, -0.2) is 0 Å². The average molecular weight is 284 g/mol. The van der Waals surface area contributed by atoms with Crippen molar-refractivity contribution in [3.05, 3.63) is 0 Å². The highest BCUT2D eigenvalue weighted by atomic mass is 16.5. The van der Waals surface area contributed by atoms with E-state index in [0.717, 1.165) is 32.2 Å². The summed E-state index contributed by atoms with van der Waals surface area (Å²) in [6, 6.07) is 0. The van der Waals surface area contributed by atoms with E-state index in [1.54, 1.807) is 7.11 Å². The third-order valence-corrected chi connectivity index (χ3v) is 4.54. The van der Waals surface area contributed by atoms with E-state index in [4.69, 9.17) is 9.47 Å². The minimum Gasteiger partial charge on any atom is -0.383 e. The maximum atomic E-state index is 5.70. The van der Waals surface area contributed by atoms with E-state index in [9.17, 15) is 0 Å². The van der Waals surface area contributed by atoms with Crippen LogP contribution in [0.25, 0.3) is 0 Å². The fourth-order valence-electron chi connectivity index (χ4n) is 3.42. The molecule has 0 spiro atoms. The van der Waals surface area contributed by atoms with Crippen LogP contribution in [0.4, 0.5) is 0 Å². The number of likely N-dealkylation sites (tertiary alicyclic amines) is 1. The summed E-state index contributed by atoms with van der Waals surface area (Å²) in [7, 11) is 1.76. The van der Waals surface area contributed by atoms with E-state index in [-0.39, 0.29) is 0 Å². The van der Waals surface area contributed by atoms with Crippen LogP contribution in [0, 0.1) is 5.92 Å². The topological polar surface area (TPSA) is 33.7 Å². The van der Waals surface area contributed by atoms with Crippen LogP contribution < -0.4 is 5.32 Å². The molecule has 2 fully saturated rings. The lowest BCUT2D eigenvalue weighted by Crippen LogP contribution is -2.40. The summed E-state index contributed by atoms with van der Waals surface area (Å²) in [5.74, 6) is 0.823. The van der Waals surface area contributed by atoms with Crippen LogP contribution in [0.15, 0.2) is 0 Å². The van der Waals surface area contributed by atoms with Crippen LogP contribution in [-0.4, -0.2) is 64.1 Å². The van der Waals surface area contributed by atoms with Crippen LogP contribution in [0.2, 0.25) is 0 Å². The van der Waals surface area contributed by atoms with Gasteiger partial charge in [0.25, 0.3) is 0 Å². The molecule has 2 aliphatic rings. The Balaban J connectivity index is 1.53. The molecule has 0 aromatic heterocycles. The second kappa shape index (κ2) is 9.72. The summed E-state index contributed by atoms with van der Waals surface area (Å²) in [6.45, 7) is 7.75. The molecule has 0 bridgehead atoms. The third kappa shape index (κ3) is 6.08. The van der Waals surface area contributed by atoms with E-state index in [1.165, 1.54) is 58.2 Å². The van der Waals surface area contributed by atoms with Crippen molar-refractivity contribution >= 4 is 0 Å². The van der Waals surface area contributed by atoms with Gasteiger partial charge in [0, 0.05) is 26.8 Å². The zero-order valence-corrected chi connectivity index (χ0v) is 13.1. The maximum Gasteiger partial charge on any atom is 0.0587 e. The quantitative estimate of drug-likeness (QED) is 0.656. The lowest BCUT2D eigenvalue weighted by atomic mass is 9.97. The van der Waals surface area contributed by atoms with E-state index in [2.05, 4.69) is 10.2 Å². The number of hydrogen-bond donors (Lipinski definition) is 1. The van der Waals surface area contributed by atoms with Crippen LogP contribution in [-0.2, 0) is 9.47 Å². The normalized spacial score (nSPS) is 28.1. The van der Waals surface area contributed by atoms with Crippen molar-refractivity contribution in [1.29, 1.82) is 0 Å². The first kappa shape index (κ1) is 16.2. The van der Waals surface area contributed by atoms with Crippen molar-refractivity contribution in [1.82, 2.24) is 10.2 Å². The summed E-state index contributed by atoms with van der Waals surface area (Å²) >= 11 is 0. The standard InChI is InChI=1S/C16H32N2O2/c1-19-12-8-17-13-15-5-2-9-18(14-15)10-3-6-16-7-4-11-20-16/h15-17H,2-14H2,1H3. The summed E-state index contributed by atoms with van der Waals surface area (Å²) < 4.78 is 10.8. The minimum absolute atomic E-state index is 0.561. The van der Waals surface area contributed by atoms with Gasteiger partial charge >= 0.3 is 0 Å². The fraction of sp³-hybridized carbons (Fsp3) is 1.00. The number of nitrogens with one attached hydrogen (secondary N) is 1. The predicted molar refractivity (Wildman–Crippen MR) is 82.1 cm³/mol. The molecule has 2 rings (SSSR count). The Morgan fingerprint density at radius 1 is 1.30 bits per heavy atom. The molecule has 0 radical (unpaired) electrons. The second-order valence-electron chi connectivity index (χ2n) is 6.28. The van der Waals surface area contributed by atoms with Crippen molar-refractivity contribution in [3.8, 4) is 0 Å². The lowest BCUT2D eigenvalue weighted by Gasteiger charge is -2.33. The van der Waals surface area contributed by atoms with Gasteiger partial charge in [-0.3, -0.25) is 0 Å². The molecular weight excluding hydrogens is 252 g/mol.